The summed E-state index contributed by atoms with van der Waals surface area (Å²) in [7, 11) is 0. The lowest BCUT2D eigenvalue weighted by Gasteiger charge is -2.03. The zero-order valence-corrected chi connectivity index (χ0v) is 13.7. The number of hydrogen-bond donors (Lipinski definition) is 1. The van der Waals surface area contributed by atoms with E-state index in [0.717, 1.165) is 31.9 Å². The van der Waals surface area contributed by atoms with E-state index in [4.69, 9.17) is 17.3 Å². The molecular weight excluding hydrogens is 334 g/mol. The van der Waals surface area contributed by atoms with Gasteiger partial charge in [0.05, 0.1) is 26.3 Å². The van der Waals surface area contributed by atoms with Gasteiger partial charge >= 0.3 is 0 Å². The molecule has 0 aliphatic rings. The van der Waals surface area contributed by atoms with Gasteiger partial charge in [-0.05, 0) is 29.8 Å². The van der Waals surface area contributed by atoms with Gasteiger partial charge in [0, 0.05) is 10.6 Å². The van der Waals surface area contributed by atoms with Crippen LogP contribution < -0.4 is 5.73 Å². The van der Waals surface area contributed by atoms with Gasteiger partial charge in [-0.3, -0.25) is 0 Å². The van der Waals surface area contributed by atoms with Crippen molar-refractivity contribution in [2.45, 2.75) is 0 Å². The number of aromatic nitrogens is 2. The van der Waals surface area contributed by atoms with Crippen molar-refractivity contribution in [2.24, 2.45) is 0 Å². The van der Waals surface area contributed by atoms with Gasteiger partial charge < -0.3 is 5.73 Å². The number of nitrogens with zero attached hydrogens (tertiary/aromatic N) is 2. The number of hydrogen-bond acceptors (Lipinski definition) is 5. The van der Waals surface area contributed by atoms with Crippen molar-refractivity contribution in [1.29, 1.82) is 0 Å². The monoisotopic (exact) mass is 343 g/mol. The first-order valence-corrected chi connectivity index (χ1v) is 8.64. The first kappa shape index (κ1) is 13.7. The van der Waals surface area contributed by atoms with E-state index in [0.29, 0.717) is 10.2 Å². The number of benzene rings is 2. The number of anilines is 1. The highest BCUT2D eigenvalue weighted by Crippen LogP contribution is 2.39. The van der Waals surface area contributed by atoms with E-state index in [1.54, 1.807) is 11.3 Å². The SMILES string of the molecule is Nc1nc(-c2cccc(Cl)c2)c(-c2ccc3ncsc3c2)s1. The zero-order chi connectivity index (χ0) is 15.1. The quantitative estimate of drug-likeness (QED) is 0.535. The van der Waals surface area contributed by atoms with Crippen LogP contribution in [0, 0.1) is 0 Å². The van der Waals surface area contributed by atoms with Crippen molar-refractivity contribution < 1.29 is 0 Å². The van der Waals surface area contributed by atoms with Crippen LogP contribution in [0.4, 0.5) is 5.13 Å². The maximum atomic E-state index is 6.10. The van der Waals surface area contributed by atoms with E-state index >= 15 is 0 Å². The number of nitrogen functional groups attached to an aromatic ring is 1. The van der Waals surface area contributed by atoms with Crippen LogP contribution in [0.5, 0.6) is 0 Å². The summed E-state index contributed by atoms with van der Waals surface area (Å²) < 4.78 is 1.15. The highest BCUT2D eigenvalue weighted by Gasteiger charge is 2.14. The van der Waals surface area contributed by atoms with Gasteiger partial charge in [0.1, 0.15) is 0 Å². The fraction of sp³-hybridized carbons (Fsp3) is 0. The first-order chi connectivity index (χ1) is 10.7. The van der Waals surface area contributed by atoms with E-state index in [2.05, 4.69) is 22.1 Å². The van der Waals surface area contributed by atoms with Gasteiger partial charge in [-0.25, -0.2) is 9.97 Å². The van der Waals surface area contributed by atoms with Crippen molar-refractivity contribution in [3.8, 4) is 21.7 Å². The molecule has 0 aliphatic heterocycles. The summed E-state index contributed by atoms with van der Waals surface area (Å²) in [6, 6.07) is 13.9. The Hall–Kier alpha value is -1.95. The molecule has 0 fully saturated rings. The van der Waals surface area contributed by atoms with Crippen molar-refractivity contribution in [3.05, 3.63) is 53.0 Å². The molecule has 2 aromatic heterocycles. The molecule has 0 spiro atoms. The molecule has 0 saturated heterocycles. The predicted octanol–water partition coefficient (Wildman–Crippen LogP) is 5.32. The number of fused-ring (bicyclic) bond motifs is 1. The smallest absolute Gasteiger partial charge is 0.181 e. The highest BCUT2D eigenvalue weighted by atomic mass is 35.5. The Morgan fingerprint density at radius 3 is 2.82 bits per heavy atom. The number of nitrogens with two attached hydrogens (primary N) is 1. The van der Waals surface area contributed by atoms with Crippen LogP contribution in [0.15, 0.2) is 48.0 Å². The molecular formula is C16H10ClN3S2. The van der Waals surface area contributed by atoms with Crippen molar-refractivity contribution in [2.75, 3.05) is 5.73 Å². The second kappa shape index (κ2) is 5.35. The molecule has 0 bridgehead atoms. The third-order valence-electron chi connectivity index (χ3n) is 3.34. The van der Waals surface area contributed by atoms with Crippen molar-refractivity contribution in [3.63, 3.8) is 0 Å². The van der Waals surface area contributed by atoms with Crippen LogP contribution in [-0.4, -0.2) is 9.97 Å². The second-order valence-electron chi connectivity index (χ2n) is 4.78. The lowest BCUT2D eigenvalue weighted by molar-refractivity contribution is 1.41. The van der Waals surface area contributed by atoms with Gasteiger partial charge in [0.15, 0.2) is 5.13 Å². The molecule has 0 saturated carbocycles. The van der Waals surface area contributed by atoms with Crippen LogP contribution >= 0.6 is 34.3 Å². The molecule has 2 heterocycles. The molecule has 3 nitrogen and oxygen atoms in total. The van der Waals surface area contributed by atoms with Gasteiger partial charge in [0.25, 0.3) is 0 Å². The van der Waals surface area contributed by atoms with E-state index in [1.165, 1.54) is 11.3 Å². The summed E-state index contributed by atoms with van der Waals surface area (Å²) in [5.41, 5.74) is 11.8. The summed E-state index contributed by atoms with van der Waals surface area (Å²) in [5, 5.41) is 1.24. The summed E-state index contributed by atoms with van der Waals surface area (Å²) >= 11 is 9.22. The Labute approximate surface area is 140 Å². The first-order valence-electron chi connectivity index (χ1n) is 6.56. The lowest BCUT2D eigenvalue weighted by Crippen LogP contribution is -1.84. The van der Waals surface area contributed by atoms with Crippen molar-refractivity contribution >= 4 is 49.6 Å². The Kier molecular flexibility index (Phi) is 3.33. The van der Waals surface area contributed by atoms with E-state index in [1.807, 2.05) is 35.8 Å². The van der Waals surface area contributed by atoms with Crippen LogP contribution in [0.2, 0.25) is 5.02 Å². The summed E-state index contributed by atoms with van der Waals surface area (Å²) in [6.45, 7) is 0. The average molecular weight is 344 g/mol. The molecule has 0 radical (unpaired) electrons. The van der Waals surface area contributed by atoms with Gasteiger partial charge in [-0.2, -0.15) is 0 Å². The summed E-state index contributed by atoms with van der Waals surface area (Å²) in [5.74, 6) is 0. The topological polar surface area (TPSA) is 51.8 Å². The van der Waals surface area contributed by atoms with E-state index in [9.17, 15) is 0 Å². The van der Waals surface area contributed by atoms with Crippen molar-refractivity contribution in [1.82, 2.24) is 9.97 Å². The normalized spacial score (nSPS) is 11.1. The molecule has 0 unspecified atom stereocenters. The molecule has 2 N–H and O–H groups in total. The maximum Gasteiger partial charge on any atom is 0.181 e. The minimum Gasteiger partial charge on any atom is -0.375 e. The molecule has 6 heteroatoms. The summed E-state index contributed by atoms with van der Waals surface area (Å²) in [4.78, 5) is 9.86. The van der Waals surface area contributed by atoms with E-state index in [-0.39, 0.29) is 0 Å². The molecule has 4 rings (SSSR count). The average Bonchev–Trinajstić information content (AvgIpc) is 3.12. The standard InChI is InChI=1S/C16H10ClN3S2/c17-11-3-1-2-9(6-11)14-15(22-16(18)20-14)10-4-5-12-13(7-10)21-8-19-12/h1-8H,(H2,18,20). The van der Waals surface area contributed by atoms with Gasteiger partial charge in [0.2, 0.25) is 0 Å². The van der Waals surface area contributed by atoms with Crippen LogP contribution in [0.3, 0.4) is 0 Å². The number of rotatable bonds is 2. The molecule has 4 aromatic rings. The Bertz CT molecular complexity index is 974. The molecule has 22 heavy (non-hydrogen) atoms. The molecule has 0 aliphatic carbocycles. The maximum absolute atomic E-state index is 6.10. The Balaban J connectivity index is 1.91. The number of halogens is 1. The fourth-order valence-corrected chi connectivity index (χ4v) is 4.12. The third-order valence-corrected chi connectivity index (χ3v) is 5.30. The Morgan fingerprint density at radius 2 is 1.95 bits per heavy atom. The fourth-order valence-electron chi connectivity index (χ4n) is 2.36. The number of thiazole rings is 2. The Morgan fingerprint density at radius 1 is 1.05 bits per heavy atom. The van der Waals surface area contributed by atoms with Crippen LogP contribution in [0.25, 0.3) is 31.9 Å². The lowest BCUT2D eigenvalue weighted by atomic mass is 10.1. The van der Waals surface area contributed by atoms with Gasteiger partial charge in [-0.15, -0.1) is 11.3 Å². The van der Waals surface area contributed by atoms with Crippen LogP contribution in [-0.2, 0) is 0 Å². The second-order valence-corrected chi connectivity index (χ2v) is 7.13. The highest BCUT2D eigenvalue weighted by molar-refractivity contribution is 7.19. The molecule has 108 valence electrons. The van der Waals surface area contributed by atoms with E-state index < -0.39 is 0 Å². The zero-order valence-electron chi connectivity index (χ0n) is 11.3. The largest absolute Gasteiger partial charge is 0.375 e. The molecule has 0 atom stereocenters. The van der Waals surface area contributed by atoms with Gasteiger partial charge in [-0.1, -0.05) is 41.1 Å². The van der Waals surface area contributed by atoms with Crippen LogP contribution in [0.1, 0.15) is 0 Å². The third kappa shape index (κ3) is 2.37. The molecule has 0 amide bonds. The predicted molar refractivity (Wildman–Crippen MR) is 95.6 cm³/mol. The molecule has 2 aromatic carbocycles. The minimum absolute atomic E-state index is 0.550. The minimum atomic E-state index is 0.550. The summed E-state index contributed by atoms with van der Waals surface area (Å²) in [6.07, 6.45) is 0.